The molecule has 1 aromatic heterocycles. The van der Waals surface area contributed by atoms with Crippen LogP contribution in [0.3, 0.4) is 0 Å². The van der Waals surface area contributed by atoms with Gasteiger partial charge in [0, 0.05) is 17.7 Å². The first-order chi connectivity index (χ1) is 8.50. The first kappa shape index (κ1) is 13.1. The van der Waals surface area contributed by atoms with E-state index in [9.17, 15) is 10.1 Å². The Morgan fingerprint density at radius 1 is 1.28 bits per heavy atom. The maximum absolute atomic E-state index is 10.5. The van der Waals surface area contributed by atoms with Crippen molar-refractivity contribution in [3.63, 3.8) is 0 Å². The molecule has 0 fully saturated rings. The minimum Gasteiger partial charge on any atom is -0.343 e. The highest BCUT2D eigenvalue weighted by Crippen LogP contribution is 2.38. The fourth-order valence-corrected chi connectivity index (χ4v) is 2.17. The molecule has 0 atom stereocenters. The maximum Gasteiger partial charge on any atom is 0.269 e. The van der Waals surface area contributed by atoms with Crippen LogP contribution in [0.15, 0.2) is 28.8 Å². The van der Waals surface area contributed by atoms with Gasteiger partial charge in [0.1, 0.15) is 10.5 Å². The molecular weight excluding hydrogens is 302 g/mol. The third kappa shape index (κ3) is 2.43. The van der Waals surface area contributed by atoms with E-state index in [1.54, 1.807) is 0 Å². The molecule has 8 heteroatoms. The zero-order valence-corrected chi connectivity index (χ0v) is 10.9. The second-order valence-corrected chi connectivity index (χ2v) is 4.76. The SMILES string of the molecule is O=[N+]([O-])c1ccc(-c2noc(Cl)c2C(Cl)Cl)cc1. The van der Waals surface area contributed by atoms with Crippen molar-refractivity contribution in [2.45, 2.75) is 4.84 Å². The van der Waals surface area contributed by atoms with Crippen molar-refractivity contribution in [1.82, 2.24) is 5.16 Å². The van der Waals surface area contributed by atoms with Crippen LogP contribution in [0.25, 0.3) is 11.3 Å². The van der Waals surface area contributed by atoms with Gasteiger partial charge in [-0.25, -0.2) is 0 Å². The molecule has 0 bridgehead atoms. The molecule has 0 spiro atoms. The number of aromatic nitrogens is 1. The van der Waals surface area contributed by atoms with Crippen molar-refractivity contribution in [3.8, 4) is 11.3 Å². The Balaban J connectivity index is 2.46. The number of benzene rings is 1. The highest BCUT2D eigenvalue weighted by molar-refractivity contribution is 6.45. The van der Waals surface area contributed by atoms with Crippen LogP contribution in [0, 0.1) is 10.1 Å². The smallest absolute Gasteiger partial charge is 0.269 e. The number of nitro benzene ring substituents is 1. The van der Waals surface area contributed by atoms with Gasteiger partial charge >= 0.3 is 0 Å². The standard InChI is InChI=1S/C10H5Cl3N2O3/c11-9(12)7-8(14-18-10(7)13)5-1-3-6(4-2-5)15(16)17/h1-4,9H. The average molecular weight is 308 g/mol. The first-order valence-corrected chi connectivity index (χ1v) is 5.94. The number of non-ortho nitro benzene ring substituents is 1. The molecule has 0 aliphatic rings. The molecule has 0 amide bonds. The van der Waals surface area contributed by atoms with Gasteiger partial charge in [-0.2, -0.15) is 0 Å². The summed E-state index contributed by atoms with van der Waals surface area (Å²) in [5.74, 6) is 0. The number of hydrogen-bond donors (Lipinski definition) is 0. The van der Waals surface area contributed by atoms with Gasteiger partial charge < -0.3 is 4.52 Å². The molecule has 5 nitrogen and oxygen atoms in total. The fourth-order valence-electron chi connectivity index (χ4n) is 1.42. The van der Waals surface area contributed by atoms with Gasteiger partial charge in [0.25, 0.3) is 5.69 Å². The van der Waals surface area contributed by atoms with Gasteiger partial charge in [-0.1, -0.05) is 28.4 Å². The van der Waals surface area contributed by atoms with Crippen molar-refractivity contribution in [1.29, 1.82) is 0 Å². The molecule has 0 N–H and O–H groups in total. The van der Waals surface area contributed by atoms with Crippen LogP contribution in [-0.4, -0.2) is 10.1 Å². The molecule has 0 saturated heterocycles. The highest BCUT2D eigenvalue weighted by atomic mass is 35.5. The summed E-state index contributed by atoms with van der Waals surface area (Å²) in [6.45, 7) is 0. The van der Waals surface area contributed by atoms with Gasteiger partial charge in [-0.3, -0.25) is 10.1 Å². The topological polar surface area (TPSA) is 69.2 Å². The molecule has 2 rings (SSSR count). The lowest BCUT2D eigenvalue weighted by molar-refractivity contribution is -0.384. The van der Waals surface area contributed by atoms with E-state index in [4.69, 9.17) is 39.3 Å². The Labute approximate surface area is 116 Å². The van der Waals surface area contributed by atoms with Gasteiger partial charge in [0.15, 0.2) is 0 Å². The number of rotatable bonds is 3. The van der Waals surface area contributed by atoms with Crippen LogP contribution in [0.5, 0.6) is 0 Å². The second-order valence-electron chi connectivity index (χ2n) is 3.32. The van der Waals surface area contributed by atoms with Crippen LogP contribution in [0.4, 0.5) is 5.69 Å². The van der Waals surface area contributed by atoms with E-state index >= 15 is 0 Å². The van der Waals surface area contributed by atoms with Crippen molar-refractivity contribution >= 4 is 40.5 Å². The summed E-state index contributed by atoms with van der Waals surface area (Å²) in [6.07, 6.45) is 0. The summed E-state index contributed by atoms with van der Waals surface area (Å²) in [6, 6.07) is 5.73. The van der Waals surface area contributed by atoms with E-state index < -0.39 is 9.76 Å². The lowest BCUT2D eigenvalue weighted by Crippen LogP contribution is -1.89. The lowest BCUT2D eigenvalue weighted by atomic mass is 10.1. The Hall–Kier alpha value is -1.30. The summed E-state index contributed by atoms with van der Waals surface area (Å²) in [5.41, 5.74) is 1.26. The molecular formula is C10H5Cl3N2O3. The monoisotopic (exact) mass is 306 g/mol. The summed E-state index contributed by atoms with van der Waals surface area (Å²) in [4.78, 5) is 9.15. The molecule has 2 aromatic rings. The Morgan fingerprint density at radius 3 is 2.39 bits per heavy atom. The van der Waals surface area contributed by atoms with E-state index in [-0.39, 0.29) is 10.9 Å². The minimum atomic E-state index is -0.894. The van der Waals surface area contributed by atoms with Crippen molar-refractivity contribution in [2.75, 3.05) is 0 Å². The van der Waals surface area contributed by atoms with Gasteiger partial charge in [0.2, 0.25) is 5.22 Å². The van der Waals surface area contributed by atoms with E-state index in [2.05, 4.69) is 5.16 Å². The summed E-state index contributed by atoms with van der Waals surface area (Å²) in [5, 5.41) is 14.3. The maximum atomic E-state index is 10.5. The van der Waals surface area contributed by atoms with Crippen molar-refractivity contribution in [2.24, 2.45) is 0 Å². The first-order valence-electron chi connectivity index (χ1n) is 4.68. The third-order valence-electron chi connectivity index (χ3n) is 2.25. The van der Waals surface area contributed by atoms with Crippen LogP contribution in [0.2, 0.25) is 5.22 Å². The predicted octanol–water partition coefficient (Wildman–Crippen LogP) is 4.38. The van der Waals surface area contributed by atoms with Crippen molar-refractivity contribution in [3.05, 3.63) is 45.2 Å². The van der Waals surface area contributed by atoms with Crippen LogP contribution < -0.4 is 0 Å². The van der Waals surface area contributed by atoms with Gasteiger partial charge in [0.05, 0.1) is 10.5 Å². The number of nitrogens with zero attached hydrogens (tertiary/aromatic N) is 2. The lowest BCUT2D eigenvalue weighted by Gasteiger charge is -2.01. The Bertz CT molecular complexity index is 581. The Kier molecular flexibility index (Phi) is 3.75. The normalized spacial score (nSPS) is 10.9. The predicted molar refractivity (Wildman–Crippen MR) is 68.1 cm³/mol. The van der Waals surface area contributed by atoms with Crippen LogP contribution in [0.1, 0.15) is 10.4 Å². The second kappa shape index (κ2) is 5.14. The molecule has 94 valence electrons. The zero-order chi connectivity index (χ0) is 13.3. The Morgan fingerprint density at radius 2 is 1.89 bits per heavy atom. The van der Waals surface area contributed by atoms with E-state index in [1.807, 2.05) is 0 Å². The van der Waals surface area contributed by atoms with E-state index in [1.165, 1.54) is 24.3 Å². The van der Waals surface area contributed by atoms with Crippen molar-refractivity contribution < 1.29 is 9.45 Å². The van der Waals surface area contributed by atoms with Crippen LogP contribution >= 0.6 is 34.8 Å². The summed E-state index contributed by atoms with van der Waals surface area (Å²) in [7, 11) is 0. The third-order valence-corrected chi connectivity index (χ3v) is 2.96. The molecule has 1 heterocycles. The molecule has 0 aliphatic carbocycles. The summed E-state index contributed by atoms with van der Waals surface area (Å²) >= 11 is 17.3. The quantitative estimate of drug-likeness (QED) is 0.479. The van der Waals surface area contributed by atoms with E-state index in [0.29, 0.717) is 16.8 Å². The number of halogens is 3. The molecule has 0 aliphatic heterocycles. The molecule has 18 heavy (non-hydrogen) atoms. The number of alkyl halides is 2. The van der Waals surface area contributed by atoms with E-state index in [0.717, 1.165) is 0 Å². The van der Waals surface area contributed by atoms with Crippen LogP contribution in [-0.2, 0) is 0 Å². The molecule has 1 aromatic carbocycles. The number of nitro groups is 1. The molecule has 0 saturated carbocycles. The highest BCUT2D eigenvalue weighted by Gasteiger charge is 2.22. The van der Waals surface area contributed by atoms with Gasteiger partial charge in [-0.15, -0.1) is 0 Å². The fraction of sp³-hybridized carbons (Fsp3) is 0.100. The largest absolute Gasteiger partial charge is 0.343 e. The van der Waals surface area contributed by atoms with Gasteiger partial charge in [-0.05, 0) is 23.7 Å². The summed E-state index contributed by atoms with van der Waals surface area (Å²) < 4.78 is 4.80. The average Bonchev–Trinajstić information content (AvgIpc) is 2.71. The molecule has 0 unspecified atom stereocenters. The number of hydrogen-bond acceptors (Lipinski definition) is 4. The zero-order valence-electron chi connectivity index (χ0n) is 8.64. The minimum absolute atomic E-state index is 0.00153. The molecule has 0 radical (unpaired) electrons.